The average Bonchev–Trinajstić information content (AvgIpc) is 2.76. The molecule has 3 nitrogen and oxygen atoms in total. The SMILES string of the molecule is CCCn1ccnc1CC1CCCCCC1CNCC. The van der Waals surface area contributed by atoms with Crippen molar-refractivity contribution in [3.05, 3.63) is 18.2 Å². The molecule has 1 aromatic heterocycles. The summed E-state index contributed by atoms with van der Waals surface area (Å²) in [6.07, 6.45) is 13.5. The van der Waals surface area contributed by atoms with Gasteiger partial charge in [-0.1, -0.05) is 33.1 Å². The van der Waals surface area contributed by atoms with Crippen LogP contribution in [0.2, 0.25) is 0 Å². The van der Waals surface area contributed by atoms with Crippen LogP contribution in [-0.4, -0.2) is 22.6 Å². The lowest BCUT2D eigenvalue weighted by atomic mass is 9.85. The maximum absolute atomic E-state index is 4.62. The van der Waals surface area contributed by atoms with Gasteiger partial charge in [-0.25, -0.2) is 4.98 Å². The van der Waals surface area contributed by atoms with Crippen LogP contribution in [0.3, 0.4) is 0 Å². The molecule has 2 atom stereocenters. The van der Waals surface area contributed by atoms with Crippen LogP contribution in [0.1, 0.15) is 58.2 Å². The Morgan fingerprint density at radius 3 is 2.75 bits per heavy atom. The Morgan fingerprint density at radius 1 is 1.20 bits per heavy atom. The topological polar surface area (TPSA) is 29.9 Å². The van der Waals surface area contributed by atoms with Crippen LogP contribution in [0, 0.1) is 11.8 Å². The van der Waals surface area contributed by atoms with Gasteiger partial charge < -0.3 is 9.88 Å². The van der Waals surface area contributed by atoms with Crippen molar-refractivity contribution in [3.63, 3.8) is 0 Å². The highest BCUT2D eigenvalue weighted by atomic mass is 15.1. The maximum atomic E-state index is 4.62. The number of aromatic nitrogens is 2. The molecule has 0 bridgehead atoms. The molecule has 2 unspecified atom stereocenters. The van der Waals surface area contributed by atoms with E-state index in [-0.39, 0.29) is 0 Å². The third kappa shape index (κ3) is 4.34. The fraction of sp³-hybridized carbons (Fsp3) is 0.824. The van der Waals surface area contributed by atoms with Gasteiger partial charge in [0.15, 0.2) is 0 Å². The van der Waals surface area contributed by atoms with Crippen molar-refractivity contribution in [1.29, 1.82) is 0 Å². The summed E-state index contributed by atoms with van der Waals surface area (Å²) in [6, 6.07) is 0. The summed E-state index contributed by atoms with van der Waals surface area (Å²) >= 11 is 0. The number of nitrogens with zero attached hydrogens (tertiary/aromatic N) is 2. The highest BCUT2D eigenvalue weighted by molar-refractivity contribution is 4.95. The molecule has 0 amide bonds. The molecule has 114 valence electrons. The quantitative estimate of drug-likeness (QED) is 0.771. The summed E-state index contributed by atoms with van der Waals surface area (Å²) in [6.45, 7) is 7.84. The second-order valence-electron chi connectivity index (χ2n) is 6.21. The molecule has 1 aliphatic carbocycles. The zero-order chi connectivity index (χ0) is 14.2. The minimum Gasteiger partial charge on any atom is -0.335 e. The van der Waals surface area contributed by atoms with Crippen molar-refractivity contribution in [3.8, 4) is 0 Å². The molecule has 0 aliphatic heterocycles. The molecule has 1 saturated carbocycles. The van der Waals surface area contributed by atoms with E-state index in [9.17, 15) is 0 Å². The summed E-state index contributed by atoms with van der Waals surface area (Å²) in [5.74, 6) is 2.96. The van der Waals surface area contributed by atoms with Crippen molar-refractivity contribution >= 4 is 0 Å². The Labute approximate surface area is 124 Å². The summed E-state index contributed by atoms with van der Waals surface area (Å²) in [5.41, 5.74) is 0. The van der Waals surface area contributed by atoms with E-state index in [4.69, 9.17) is 0 Å². The molecular formula is C17H31N3. The van der Waals surface area contributed by atoms with Crippen LogP contribution in [0.25, 0.3) is 0 Å². The molecule has 1 aromatic rings. The van der Waals surface area contributed by atoms with Gasteiger partial charge in [-0.05, 0) is 44.2 Å². The number of hydrogen-bond acceptors (Lipinski definition) is 2. The van der Waals surface area contributed by atoms with E-state index < -0.39 is 0 Å². The Balaban J connectivity index is 2.00. The van der Waals surface area contributed by atoms with Gasteiger partial charge >= 0.3 is 0 Å². The van der Waals surface area contributed by atoms with E-state index >= 15 is 0 Å². The van der Waals surface area contributed by atoms with E-state index in [0.29, 0.717) is 0 Å². The van der Waals surface area contributed by atoms with Crippen LogP contribution in [0.4, 0.5) is 0 Å². The molecule has 1 N–H and O–H groups in total. The number of nitrogens with one attached hydrogen (secondary N) is 1. The second-order valence-corrected chi connectivity index (χ2v) is 6.21. The van der Waals surface area contributed by atoms with Gasteiger partial charge in [0, 0.05) is 25.4 Å². The largest absolute Gasteiger partial charge is 0.335 e. The van der Waals surface area contributed by atoms with Crippen LogP contribution >= 0.6 is 0 Å². The predicted octanol–water partition coefficient (Wildman–Crippen LogP) is 3.64. The molecule has 1 fully saturated rings. The Bertz CT molecular complexity index is 372. The van der Waals surface area contributed by atoms with Crippen LogP contribution in [0.15, 0.2) is 12.4 Å². The molecule has 0 aromatic carbocycles. The monoisotopic (exact) mass is 277 g/mol. The number of imidazole rings is 1. The molecule has 0 saturated heterocycles. The number of hydrogen-bond donors (Lipinski definition) is 1. The zero-order valence-corrected chi connectivity index (χ0v) is 13.3. The Morgan fingerprint density at radius 2 is 2.00 bits per heavy atom. The zero-order valence-electron chi connectivity index (χ0n) is 13.3. The summed E-state index contributed by atoms with van der Waals surface area (Å²) in [4.78, 5) is 4.62. The van der Waals surface area contributed by atoms with E-state index in [0.717, 1.165) is 24.9 Å². The van der Waals surface area contributed by atoms with E-state index in [1.807, 2.05) is 6.20 Å². The highest BCUT2D eigenvalue weighted by Crippen LogP contribution is 2.30. The molecule has 1 heterocycles. The van der Waals surface area contributed by atoms with Crippen LogP contribution in [-0.2, 0) is 13.0 Å². The highest BCUT2D eigenvalue weighted by Gasteiger charge is 2.24. The van der Waals surface area contributed by atoms with Crippen molar-refractivity contribution in [2.24, 2.45) is 11.8 Å². The third-order valence-corrected chi connectivity index (χ3v) is 4.68. The minimum absolute atomic E-state index is 0.814. The summed E-state index contributed by atoms with van der Waals surface area (Å²) in [7, 11) is 0. The first-order valence-electron chi connectivity index (χ1n) is 8.55. The number of rotatable bonds is 7. The first kappa shape index (κ1) is 15.6. The molecule has 0 radical (unpaired) electrons. The van der Waals surface area contributed by atoms with Gasteiger partial charge in [-0.3, -0.25) is 0 Å². The van der Waals surface area contributed by atoms with Gasteiger partial charge in [0.1, 0.15) is 5.82 Å². The van der Waals surface area contributed by atoms with E-state index in [2.05, 4.69) is 34.9 Å². The van der Waals surface area contributed by atoms with Gasteiger partial charge in [-0.2, -0.15) is 0 Å². The lowest BCUT2D eigenvalue weighted by molar-refractivity contribution is 0.293. The van der Waals surface area contributed by atoms with Gasteiger partial charge in [0.2, 0.25) is 0 Å². The molecule has 1 aliphatic rings. The first-order chi connectivity index (χ1) is 9.85. The molecule has 2 rings (SSSR count). The van der Waals surface area contributed by atoms with Crippen molar-refractivity contribution in [1.82, 2.24) is 14.9 Å². The maximum Gasteiger partial charge on any atom is 0.108 e. The molecule has 3 heteroatoms. The Hall–Kier alpha value is -0.830. The Kier molecular flexibility index (Phi) is 6.58. The fourth-order valence-electron chi connectivity index (χ4n) is 3.54. The first-order valence-corrected chi connectivity index (χ1v) is 8.55. The lowest BCUT2D eigenvalue weighted by Gasteiger charge is -2.25. The predicted molar refractivity (Wildman–Crippen MR) is 84.8 cm³/mol. The van der Waals surface area contributed by atoms with Crippen LogP contribution in [0.5, 0.6) is 0 Å². The molecular weight excluding hydrogens is 246 g/mol. The fourth-order valence-corrected chi connectivity index (χ4v) is 3.54. The lowest BCUT2D eigenvalue weighted by Crippen LogP contribution is -2.29. The van der Waals surface area contributed by atoms with Crippen molar-refractivity contribution in [2.75, 3.05) is 13.1 Å². The van der Waals surface area contributed by atoms with E-state index in [1.54, 1.807) is 0 Å². The average molecular weight is 277 g/mol. The van der Waals surface area contributed by atoms with Gasteiger partial charge in [-0.15, -0.1) is 0 Å². The van der Waals surface area contributed by atoms with Gasteiger partial charge in [0.05, 0.1) is 0 Å². The normalized spacial score (nSPS) is 23.7. The smallest absolute Gasteiger partial charge is 0.108 e. The van der Waals surface area contributed by atoms with Crippen molar-refractivity contribution in [2.45, 2.75) is 65.3 Å². The van der Waals surface area contributed by atoms with Crippen LogP contribution < -0.4 is 5.32 Å². The minimum atomic E-state index is 0.814. The van der Waals surface area contributed by atoms with E-state index in [1.165, 1.54) is 57.3 Å². The van der Waals surface area contributed by atoms with Gasteiger partial charge in [0.25, 0.3) is 0 Å². The molecule has 20 heavy (non-hydrogen) atoms. The molecule has 0 spiro atoms. The second kappa shape index (κ2) is 8.46. The van der Waals surface area contributed by atoms with Crippen molar-refractivity contribution < 1.29 is 0 Å². The standard InChI is InChI=1S/C17H31N3/c1-3-11-20-12-10-19-17(20)13-15-8-6-5-7-9-16(15)14-18-4-2/h10,12,15-16,18H,3-9,11,13-14H2,1-2H3. The summed E-state index contributed by atoms with van der Waals surface area (Å²) in [5, 5.41) is 3.57. The summed E-state index contributed by atoms with van der Waals surface area (Å²) < 4.78 is 2.36. The third-order valence-electron chi connectivity index (χ3n) is 4.68. The number of aryl methyl sites for hydroxylation is 1.